The molecule has 0 spiro atoms. The average molecular weight is 298 g/mol. The number of nitrogens with zero attached hydrogens (tertiary/aromatic N) is 2. The number of hydrogen-bond acceptors (Lipinski definition) is 3. The van der Waals surface area contributed by atoms with Crippen molar-refractivity contribution in [3.8, 4) is 33.6 Å². The monoisotopic (exact) mass is 298 g/mol. The molecule has 0 saturated heterocycles. The minimum absolute atomic E-state index is 0.738. The lowest BCUT2D eigenvalue weighted by atomic mass is 9.93. The van der Waals surface area contributed by atoms with Crippen molar-refractivity contribution in [1.29, 1.82) is 0 Å². The van der Waals surface area contributed by atoms with Gasteiger partial charge in [0.2, 0.25) is 0 Å². The highest BCUT2D eigenvalue weighted by Gasteiger charge is 2.16. The van der Waals surface area contributed by atoms with Crippen LogP contribution < -0.4 is 0 Å². The standard InChI is InChI=1S/C20H14N2O/c1-3-7-15(8-4-1)17-11-13-21-20(18-12-14-23-22-18)19(17)16-9-5-2-6-10-16/h1-14H. The van der Waals surface area contributed by atoms with Crippen molar-refractivity contribution in [3.63, 3.8) is 0 Å². The van der Waals surface area contributed by atoms with Gasteiger partial charge in [-0.3, -0.25) is 4.98 Å². The van der Waals surface area contributed by atoms with Crippen LogP contribution in [0.4, 0.5) is 0 Å². The second-order valence-electron chi connectivity index (χ2n) is 5.20. The lowest BCUT2D eigenvalue weighted by molar-refractivity contribution is 0.422. The Morgan fingerprint density at radius 2 is 1.39 bits per heavy atom. The van der Waals surface area contributed by atoms with E-state index < -0.39 is 0 Å². The van der Waals surface area contributed by atoms with E-state index in [1.807, 2.05) is 54.7 Å². The Labute approximate surface area is 134 Å². The molecule has 0 aliphatic heterocycles. The summed E-state index contributed by atoms with van der Waals surface area (Å²) in [5.41, 5.74) is 6.02. The van der Waals surface area contributed by atoms with Crippen molar-refractivity contribution in [2.75, 3.05) is 0 Å². The summed E-state index contributed by atoms with van der Waals surface area (Å²) in [6.45, 7) is 0. The summed E-state index contributed by atoms with van der Waals surface area (Å²) in [6.07, 6.45) is 3.39. The summed E-state index contributed by atoms with van der Waals surface area (Å²) < 4.78 is 5.02. The molecule has 0 atom stereocenters. The highest BCUT2D eigenvalue weighted by Crippen LogP contribution is 2.37. The van der Waals surface area contributed by atoms with Gasteiger partial charge in [-0.15, -0.1) is 0 Å². The van der Waals surface area contributed by atoms with E-state index in [4.69, 9.17) is 4.52 Å². The van der Waals surface area contributed by atoms with Gasteiger partial charge in [0.25, 0.3) is 0 Å². The fourth-order valence-corrected chi connectivity index (χ4v) is 2.75. The van der Waals surface area contributed by atoms with E-state index in [2.05, 4.69) is 34.4 Å². The maximum absolute atomic E-state index is 5.02. The first-order valence-corrected chi connectivity index (χ1v) is 7.44. The van der Waals surface area contributed by atoms with Gasteiger partial charge in [-0.05, 0) is 22.8 Å². The SMILES string of the molecule is c1ccc(-c2ccnc(-c3ccon3)c2-c2ccccc2)cc1. The Balaban J connectivity index is 2.02. The number of hydrogen-bond donors (Lipinski definition) is 0. The highest BCUT2D eigenvalue weighted by molar-refractivity contribution is 5.91. The lowest BCUT2D eigenvalue weighted by Gasteiger charge is -2.13. The molecule has 3 heteroatoms. The molecular weight excluding hydrogens is 284 g/mol. The van der Waals surface area contributed by atoms with E-state index >= 15 is 0 Å². The summed E-state index contributed by atoms with van der Waals surface area (Å²) in [4.78, 5) is 4.56. The van der Waals surface area contributed by atoms with E-state index in [1.165, 1.54) is 0 Å². The van der Waals surface area contributed by atoms with E-state index in [9.17, 15) is 0 Å². The molecule has 2 aromatic heterocycles. The molecule has 0 unspecified atom stereocenters. The molecule has 3 nitrogen and oxygen atoms in total. The maximum atomic E-state index is 5.02. The Kier molecular flexibility index (Phi) is 3.45. The summed E-state index contributed by atoms with van der Waals surface area (Å²) in [7, 11) is 0. The van der Waals surface area contributed by atoms with Gasteiger partial charge in [-0.25, -0.2) is 0 Å². The molecule has 2 heterocycles. The van der Waals surface area contributed by atoms with Gasteiger partial charge in [-0.1, -0.05) is 65.8 Å². The summed E-state index contributed by atoms with van der Waals surface area (Å²) in [6, 6.07) is 24.4. The van der Waals surface area contributed by atoms with Crippen LogP contribution in [-0.2, 0) is 0 Å². The van der Waals surface area contributed by atoms with E-state index in [-0.39, 0.29) is 0 Å². The molecule has 0 fully saturated rings. The van der Waals surface area contributed by atoms with Crippen molar-refractivity contribution in [1.82, 2.24) is 10.1 Å². The van der Waals surface area contributed by atoms with Gasteiger partial charge in [0, 0.05) is 17.8 Å². The minimum atomic E-state index is 0.738. The second-order valence-corrected chi connectivity index (χ2v) is 5.20. The number of pyridine rings is 1. The smallest absolute Gasteiger partial charge is 0.132 e. The molecule has 4 rings (SSSR count). The third-order valence-electron chi connectivity index (χ3n) is 3.78. The van der Waals surface area contributed by atoms with Crippen LogP contribution >= 0.6 is 0 Å². The summed E-state index contributed by atoms with van der Waals surface area (Å²) in [5.74, 6) is 0. The number of benzene rings is 2. The molecule has 0 radical (unpaired) electrons. The molecule has 110 valence electrons. The topological polar surface area (TPSA) is 38.9 Å². The molecule has 0 bridgehead atoms. The van der Waals surface area contributed by atoms with E-state index in [0.717, 1.165) is 33.6 Å². The first kappa shape index (κ1) is 13.5. The molecule has 0 N–H and O–H groups in total. The Hall–Kier alpha value is -3.20. The van der Waals surface area contributed by atoms with Crippen molar-refractivity contribution in [3.05, 3.63) is 85.3 Å². The van der Waals surface area contributed by atoms with Crippen molar-refractivity contribution < 1.29 is 4.52 Å². The van der Waals surface area contributed by atoms with Crippen LogP contribution in [0.2, 0.25) is 0 Å². The van der Waals surface area contributed by atoms with Crippen LogP contribution in [0.15, 0.2) is 89.8 Å². The average Bonchev–Trinajstić information content (AvgIpc) is 3.17. The lowest BCUT2D eigenvalue weighted by Crippen LogP contribution is -1.93. The summed E-state index contributed by atoms with van der Waals surface area (Å²) in [5, 5.41) is 4.07. The zero-order chi connectivity index (χ0) is 15.5. The predicted molar refractivity (Wildman–Crippen MR) is 90.6 cm³/mol. The minimum Gasteiger partial charge on any atom is -0.364 e. The Bertz CT molecular complexity index is 901. The normalized spacial score (nSPS) is 10.6. The van der Waals surface area contributed by atoms with E-state index in [0.29, 0.717) is 0 Å². The maximum Gasteiger partial charge on any atom is 0.132 e. The van der Waals surface area contributed by atoms with Crippen molar-refractivity contribution in [2.24, 2.45) is 0 Å². The predicted octanol–water partition coefficient (Wildman–Crippen LogP) is 5.07. The molecule has 0 aliphatic rings. The quantitative estimate of drug-likeness (QED) is 0.530. The van der Waals surface area contributed by atoms with Gasteiger partial charge in [-0.2, -0.15) is 0 Å². The molecule has 4 aromatic rings. The molecule has 0 aliphatic carbocycles. The summed E-state index contributed by atoms with van der Waals surface area (Å²) >= 11 is 0. The molecule has 23 heavy (non-hydrogen) atoms. The molecule has 0 saturated carbocycles. The molecule has 0 amide bonds. The fraction of sp³-hybridized carbons (Fsp3) is 0. The van der Waals surface area contributed by atoms with Gasteiger partial charge < -0.3 is 4.52 Å². The van der Waals surface area contributed by atoms with Crippen LogP contribution in [0.25, 0.3) is 33.6 Å². The van der Waals surface area contributed by atoms with Gasteiger partial charge >= 0.3 is 0 Å². The van der Waals surface area contributed by atoms with Crippen LogP contribution in [0, 0.1) is 0 Å². The third kappa shape index (κ3) is 2.53. The van der Waals surface area contributed by atoms with Gasteiger partial charge in [0.15, 0.2) is 0 Å². The Morgan fingerprint density at radius 1 is 0.696 bits per heavy atom. The second kappa shape index (κ2) is 5.89. The zero-order valence-corrected chi connectivity index (χ0v) is 12.4. The van der Waals surface area contributed by atoms with Crippen LogP contribution in [0.5, 0.6) is 0 Å². The van der Waals surface area contributed by atoms with Crippen LogP contribution in [-0.4, -0.2) is 10.1 Å². The molecule has 2 aromatic carbocycles. The number of aromatic nitrogens is 2. The van der Waals surface area contributed by atoms with Crippen molar-refractivity contribution in [2.45, 2.75) is 0 Å². The van der Waals surface area contributed by atoms with Gasteiger partial charge in [0.05, 0.1) is 0 Å². The van der Waals surface area contributed by atoms with Crippen LogP contribution in [0.1, 0.15) is 0 Å². The van der Waals surface area contributed by atoms with Crippen molar-refractivity contribution >= 4 is 0 Å². The molecular formula is C20H14N2O. The fourth-order valence-electron chi connectivity index (χ4n) is 2.75. The van der Waals surface area contributed by atoms with Gasteiger partial charge in [0.1, 0.15) is 17.7 Å². The number of rotatable bonds is 3. The first-order chi connectivity index (χ1) is 11.4. The third-order valence-corrected chi connectivity index (χ3v) is 3.78. The largest absolute Gasteiger partial charge is 0.364 e. The zero-order valence-electron chi connectivity index (χ0n) is 12.4. The Morgan fingerprint density at radius 3 is 2.04 bits per heavy atom. The van der Waals surface area contributed by atoms with E-state index in [1.54, 1.807) is 6.26 Å². The van der Waals surface area contributed by atoms with Crippen LogP contribution in [0.3, 0.4) is 0 Å². The highest BCUT2D eigenvalue weighted by atomic mass is 16.5. The first-order valence-electron chi connectivity index (χ1n) is 7.44.